The van der Waals surface area contributed by atoms with Gasteiger partial charge in [0.15, 0.2) is 0 Å². The highest BCUT2D eigenvalue weighted by atomic mass is 19.4. The molecule has 4 heteroatoms. The highest BCUT2D eigenvalue weighted by molar-refractivity contribution is 5.49. The van der Waals surface area contributed by atoms with E-state index in [4.69, 9.17) is 4.74 Å². The third-order valence-corrected chi connectivity index (χ3v) is 5.44. The van der Waals surface area contributed by atoms with Gasteiger partial charge < -0.3 is 4.74 Å². The van der Waals surface area contributed by atoms with Crippen molar-refractivity contribution in [2.45, 2.75) is 90.8 Å². The zero-order valence-electron chi connectivity index (χ0n) is 19.0. The lowest BCUT2D eigenvalue weighted by Crippen LogP contribution is -2.14. The first-order valence-corrected chi connectivity index (χ1v) is 11.0. The van der Waals surface area contributed by atoms with Crippen LogP contribution in [0.2, 0.25) is 0 Å². The molecule has 0 fully saturated rings. The number of benzene rings is 2. The topological polar surface area (TPSA) is 9.23 Å². The molecule has 1 unspecified atom stereocenters. The molecule has 0 aliphatic carbocycles. The van der Waals surface area contributed by atoms with E-state index < -0.39 is 18.7 Å². The SMILES string of the molecule is CC(C)c1cc(C(C)C)c(OC(CCCC(F)(F)F)c2ccccc2)c(C(C)C)c1. The molecule has 0 N–H and O–H groups in total. The van der Waals surface area contributed by atoms with Gasteiger partial charge in [0.05, 0.1) is 0 Å². The van der Waals surface area contributed by atoms with Gasteiger partial charge >= 0.3 is 6.18 Å². The normalized spacial score (nSPS) is 13.3. The fraction of sp³-hybridized carbons (Fsp3) is 0.538. The summed E-state index contributed by atoms with van der Waals surface area (Å²) in [5, 5.41) is 0. The Morgan fingerprint density at radius 3 is 1.73 bits per heavy atom. The van der Waals surface area contributed by atoms with E-state index in [1.165, 1.54) is 5.56 Å². The van der Waals surface area contributed by atoms with E-state index in [-0.39, 0.29) is 18.3 Å². The Balaban J connectivity index is 2.47. The number of hydrogen-bond acceptors (Lipinski definition) is 1. The van der Waals surface area contributed by atoms with E-state index in [0.717, 1.165) is 22.4 Å². The molecule has 1 atom stereocenters. The largest absolute Gasteiger partial charge is 0.485 e. The van der Waals surface area contributed by atoms with Crippen molar-refractivity contribution in [3.8, 4) is 5.75 Å². The predicted octanol–water partition coefficient (Wildman–Crippen LogP) is 8.91. The summed E-state index contributed by atoms with van der Waals surface area (Å²) in [6, 6.07) is 14.0. The minimum Gasteiger partial charge on any atom is -0.485 e. The molecule has 0 aromatic heterocycles. The van der Waals surface area contributed by atoms with E-state index in [0.29, 0.717) is 12.3 Å². The molecule has 0 radical (unpaired) electrons. The minimum absolute atomic E-state index is 0.0428. The van der Waals surface area contributed by atoms with Gasteiger partial charge in [-0.3, -0.25) is 0 Å². The second-order valence-electron chi connectivity index (χ2n) is 9.02. The van der Waals surface area contributed by atoms with Crippen molar-refractivity contribution in [3.05, 3.63) is 64.7 Å². The van der Waals surface area contributed by atoms with Crippen LogP contribution in [0.3, 0.4) is 0 Å². The highest BCUT2D eigenvalue weighted by Crippen LogP contribution is 2.41. The molecule has 2 aromatic carbocycles. The van der Waals surface area contributed by atoms with Crippen LogP contribution in [-0.2, 0) is 0 Å². The number of halogens is 3. The standard InChI is InChI=1S/C26H35F3O/c1-17(2)21-15-22(18(3)4)25(23(16-21)19(5)6)30-24(13-10-14-26(27,28)29)20-11-8-7-9-12-20/h7-9,11-12,15-19,24H,10,13-14H2,1-6H3. The van der Waals surface area contributed by atoms with Crippen LogP contribution in [0, 0.1) is 0 Å². The first-order valence-electron chi connectivity index (χ1n) is 11.0. The second-order valence-corrected chi connectivity index (χ2v) is 9.02. The van der Waals surface area contributed by atoms with Crippen LogP contribution in [0.4, 0.5) is 13.2 Å². The number of hydrogen-bond donors (Lipinski definition) is 0. The van der Waals surface area contributed by atoms with Crippen LogP contribution in [0.25, 0.3) is 0 Å². The van der Waals surface area contributed by atoms with Crippen molar-refractivity contribution >= 4 is 0 Å². The molecule has 0 saturated carbocycles. The van der Waals surface area contributed by atoms with Crippen molar-refractivity contribution in [1.29, 1.82) is 0 Å². The molecule has 0 aliphatic rings. The molecule has 0 heterocycles. The van der Waals surface area contributed by atoms with Gasteiger partial charge in [-0.15, -0.1) is 0 Å². The monoisotopic (exact) mass is 420 g/mol. The molecule has 2 aromatic rings. The van der Waals surface area contributed by atoms with Crippen molar-refractivity contribution < 1.29 is 17.9 Å². The third kappa shape index (κ3) is 6.78. The van der Waals surface area contributed by atoms with E-state index in [9.17, 15) is 13.2 Å². The minimum atomic E-state index is -4.15. The van der Waals surface area contributed by atoms with Crippen LogP contribution >= 0.6 is 0 Å². The van der Waals surface area contributed by atoms with Crippen molar-refractivity contribution in [2.75, 3.05) is 0 Å². The molecule has 0 bridgehead atoms. The van der Waals surface area contributed by atoms with Gasteiger partial charge in [0.25, 0.3) is 0 Å². The Morgan fingerprint density at radius 1 is 0.767 bits per heavy atom. The van der Waals surface area contributed by atoms with Gasteiger partial charge in [0, 0.05) is 6.42 Å². The fourth-order valence-corrected chi connectivity index (χ4v) is 3.62. The van der Waals surface area contributed by atoms with E-state index in [1.807, 2.05) is 30.3 Å². The van der Waals surface area contributed by atoms with Gasteiger partial charge in [0.1, 0.15) is 11.9 Å². The average Bonchev–Trinajstić information content (AvgIpc) is 2.66. The molecule has 0 aliphatic heterocycles. The summed E-state index contributed by atoms with van der Waals surface area (Å²) in [6.07, 6.45) is -4.98. The Kier molecular flexibility index (Phi) is 8.40. The molecular weight excluding hydrogens is 385 g/mol. The molecule has 2 rings (SSSR count). The number of rotatable bonds is 9. The lowest BCUT2D eigenvalue weighted by atomic mass is 9.88. The van der Waals surface area contributed by atoms with Crippen LogP contribution < -0.4 is 4.74 Å². The van der Waals surface area contributed by atoms with Gasteiger partial charge in [-0.25, -0.2) is 0 Å². The zero-order valence-corrected chi connectivity index (χ0v) is 19.0. The van der Waals surface area contributed by atoms with Crippen LogP contribution in [0.15, 0.2) is 42.5 Å². The molecular formula is C26H35F3O. The quantitative estimate of drug-likeness (QED) is 0.393. The summed E-state index contributed by atoms with van der Waals surface area (Å²) >= 11 is 0. The summed E-state index contributed by atoms with van der Waals surface area (Å²) < 4.78 is 44.8. The van der Waals surface area contributed by atoms with Gasteiger partial charge in [-0.2, -0.15) is 13.2 Å². The maximum atomic E-state index is 12.8. The first-order chi connectivity index (χ1) is 14.0. The highest BCUT2D eigenvalue weighted by Gasteiger charge is 2.28. The molecule has 1 nitrogen and oxygen atoms in total. The van der Waals surface area contributed by atoms with Crippen LogP contribution in [0.1, 0.15) is 107 Å². The van der Waals surface area contributed by atoms with Crippen molar-refractivity contribution in [1.82, 2.24) is 0 Å². The molecule has 30 heavy (non-hydrogen) atoms. The van der Waals surface area contributed by atoms with Crippen molar-refractivity contribution in [3.63, 3.8) is 0 Å². The molecule has 0 saturated heterocycles. The maximum Gasteiger partial charge on any atom is 0.389 e. The first kappa shape index (κ1) is 24.3. The molecule has 166 valence electrons. The van der Waals surface area contributed by atoms with E-state index in [1.54, 1.807) is 0 Å². The Morgan fingerprint density at radius 2 is 1.30 bits per heavy atom. The number of ether oxygens (including phenoxy) is 1. The maximum absolute atomic E-state index is 12.8. The lowest BCUT2D eigenvalue weighted by Gasteiger charge is -2.27. The van der Waals surface area contributed by atoms with E-state index >= 15 is 0 Å². The zero-order chi connectivity index (χ0) is 22.5. The Bertz CT molecular complexity index is 763. The summed E-state index contributed by atoms with van der Waals surface area (Å²) in [5.74, 6) is 1.74. The van der Waals surface area contributed by atoms with E-state index in [2.05, 4.69) is 53.7 Å². The summed E-state index contributed by atoms with van der Waals surface area (Å²) in [6.45, 7) is 12.9. The van der Waals surface area contributed by atoms with Crippen molar-refractivity contribution in [2.24, 2.45) is 0 Å². The Hall–Kier alpha value is -1.97. The third-order valence-electron chi connectivity index (χ3n) is 5.44. The summed E-state index contributed by atoms with van der Waals surface area (Å²) in [7, 11) is 0. The number of alkyl halides is 3. The predicted molar refractivity (Wildman–Crippen MR) is 118 cm³/mol. The fourth-order valence-electron chi connectivity index (χ4n) is 3.62. The second kappa shape index (κ2) is 10.4. The van der Waals surface area contributed by atoms with Gasteiger partial charge in [-0.05, 0) is 52.8 Å². The Labute approximate surface area is 179 Å². The summed E-state index contributed by atoms with van der Waals surface area (Å²) in [5.41, 5.74) is 4.43. The van der Waals surface area contributed by atoms with Crippen LogP contribution in [-0.4, -0.2) is 6.18 Å². The molecule has 0 spiro atoms. The average molecular weight is 421 g/mol. The lowest BCUT2D eigenvalue weighted by molar-refractivity contribution is -0.136. The smallest absolute Gasteiger partial charge is 0.389 e. The van der Waals surface area contributed by atoms with Crippen LogP contribution in [0.5, 0.6) is 5.75 Å². The summed E-state index contributed by atoms with van der Waals surface area (Å²) in [4.78, 5) is 0. The molecule has 0 amide bonds. The van der Waals surface area contributed by atoms with Gasteiger partial charge in [-0.1, -0.05) is 84.0 Å². The van der Waals surface area contributed by atoms with Gasteiger partial charge in [0.2, 0.25) is 0 Å².